The summed E-state index contributed by atoms with van der Waals surface area (Å²) in [5.41, 5.74) is 0. The molecule has 0 amide bonds. The zero-order valence-corrected chi connectivity index (χ0v) is 33.9. The Morgan fingerprint density at radius 2 is 1.17 bits per heavy atom. The highest BCUT2D eigenvalue weighted by atomic mass is 31.2. The van der Waals surface area contributed by atoms with Crippen molar-refractivity contribution in [3.8, 4) is 0 Å². The third kappa shape index (κ3) is 36.6. The maximum atomic E-state index is 12.5. The SMILES string of the molecule is CCCC(O)C/C=C\C/C=C\C/C=C\C/C=C\CCCC(=O)OC[C@H](COP(=O)(O)OC[C@@H](O)CO)OC(=O)CCCCCCCCCCCC(C)C. The molecule has 0 aromatic heterocycles. The van der Waals surface area contributed by atoms with Gasteiger partial charge in [-0.25, -0.2) is 4.57 Å². The minimum atomic E-state index is -4.63. The maximum Gasteiger partial charge on any atom is 0.472 e. The molecule has 53 heavy (non-hydrogen) atoms. The molecule has 0 aliphatic carbocycles. The highest BCUT2D eigenvalue weighted by Crippen LogP contribution is 2.43. The second-order valence-electron chi connectivity index (χ2n) is 14.0. The van der Waals surface area contributed by atoms with Gasteiger partial charge in [-0.05, 0) is 57.3 Å². The first-order valence-corrected chi connectivity index (χ1v) is 21.5. The number of carbonyl (C=O) groups is 2. The number of phosphoric ester groups is 1. The van der Waals surface area contributed by atoms with Crippen LogP contribution in [0.25, 0.3) is 0 Å². The van der Waals surface area contributed by atoms with Gasteiger partial charge in [-0.1, -0.05) is 134 Å². The van der Waals surface area contributed by atoms with Crippen molar-refractivity contribution in [1.29, 1.82) is 0 Å². The Morgan fingerprint density at radius 3 is 1.75 bits per heavy atom. The molecule has 0 fully saturated rings. The molecule has 0 aliphatic rings. The molecule has 0 rings (SSSR count). The van der Waals surface area contributed by atoms with Crippen molar-refractivity contribution in [3.63, 3.8) is 0 Å². The fraction of sp³-hybridized carbons (Fsp3) is 0.756. The van der Waals surface area contributed by atoms with Crippen molar-refractivity contribution >= 4 is 19.8 Å². The lowest BCUT2D eigenvalue weighted by Crippen LogP contribution is -2.29. The van der Waals surface area contributed by atoms with E-state index in [1.807, 2.05) is 18.2 Å². The van der Waals surface area contributed by atoms with E-state index in [1.165, 1.54) is 38.5 Å². The lowest BCUT2D eigenvalue weighted by Gasteiger charge is -2.20. The maximum absolute atomic E-state index is 12.5. The van der Waals surface area contributed by atoms with Gasteiger partial charge in [0.2, 0.25) is 0 Å². The molecule has 0 bridgehead atoms. The molecule has 0 aromatic rings. The average molecular weight is 773 g/mol. The lowest BCUT2D eigenvalue weighted by molar-refractivity contribution is -0.161. The van der Waals surface area contributed by atoms with Crippen LogP contribution in [-0.2, 0) is 32.7 Å². The van der Waals surface area contributed by atoms with Crippen LogP contribution in [0.3, 0.4) is 0 Å². The summed E-state index contributed by atoms with van der Waals surface area (Å²) < 4.78 is 32.5. The van der Waals surface area contributed by atoms with Crippen molar-refractivity contribution in [3.05, 3.63) is 48.6 Å². The Kier molecular flexibility index (Phi) is 34.2. The molecule has 0 saturated heterocycles. The molecule has 0 radical (unpaired) electrons. The second-order valence-corrected chi connectivity index (χ2v) is 15.4. The molecule has 0 heterocycles. The first kappa shape index (κ1) is 50.9. The predicted molar refractivity (Wildman–Crippen MR) is 211 cm³/mol. The Morgan fingerprint density at radius 1 is 0.642 bits per heavy atom. The van der Waals surface area contributed by atoms with Crippen LogP contribution in [0.15, 0.2) is 48.6 Å². The van der Waals surface area contributed by atoms with Crippen LogP contribution in [-0.4, -0.2) is 76.9 Å². The van der Waals surface area contributed by atoms with Crippen LogP contribution >= 0.6 is 7.82 Å². The molecule has 0 aliphatic heterocycles. The Labute approximate surface area is 320 Å². The summed E-state index contributed by atoms with van der Waals surface area (Å²) >= 11 is 0. The number of carbonyl (C=O) groups excluding carboxylic acids is 2. The third-order valence-corrected chi connectivity index (χ3v) is 9.17. The molecule has 12 heteroatoms. The van der Waals surface area contributed by atoms with Crippen LogP contribution in [0.5, 0.6) is 0 Å². The van der Waals surface area contributed by atoms with E-state index in [0.29, 0.717) is 25.7 Å². The largest absolute Gasteiger partial charge is 0.472 e. The first-order valence-electron chi connectivity index (χ1n) is 20.0. The minimum Gasteiger partial charge on any atom is -0.462 e. The molecule has 4 N–H and O–H groups in total. The number of allylic oxidation sites excluding steroid dienone is 7. The number of rotatable bonds is 36. The van der Waals surface area contributed by atoms with Gasteiger partial charge < -0.3 is 29.7 Å². The highest BCUT2D eigenvalue weighted by Gasteiger charge is 2.27. The van der Waals surface area contributed by atoms with E-state index >= 15 is 0 Å². The third-order valence-electron chi connectivity index (χ3n) is 8.22. The number of hydrogen-bond donors (Lipinski definition) is 4. The fourth-order valence-corrected chi connectivity index (χ4v) is 5.92. The number of esters is 2. The molecule has 0 saturated carbocycles. The lowest BCUT2D eigenvalue weighted by atomic mass is 10.0. The summed E-state index contributed by atoms with van der Waals surface area (Å²) in [5.74, 6) is -0.251. The summed E-state index contributed by atoms with van der Waals surface area (Å²) in [6.07, 6.45) is 31.6. The van der Waals surface area contributed by atoms with Gasteiger partial charge in [-0.2, -0.15) is 0 Å². The molecule has 11 nitrogen and oxygen atoms in total. The smallest absolute Gasteiger partial charge is 0.462 e. The van der Waals surface area contributed by atoms with Crippen LogP contribution in [0.4, 0.5) is 0 Å². The summed E-state index contributed by atoms with van der Waals surface area (Å²) in [5, 5.41) is 28.0. The number of aliphatic hydroxyl groups is 3. The van der Waals surface area contributed by atoms with E-state index in [4.69, 9.17) is 19.1 Å². The molecule has 0 spiro atoms. The molecule has 2 unspecified atom stereocenters. The number of phosphoric acid groups is 1. The number of hydrogen-bond acceptors (Lipinski definition) is 10. The van der Waals surface area contributed by atoms with Crippen LogP contribution in [0.1, 0.15) is 149 Å². The Hall–Kier alpha value is -2.11. The summed E-state index contributed by atoms with van der Waals surface area (Å²) in [6, 6.07) is 0. The van der Waals surface area contributed by atoms with Crippen molar-refractivity contribution in [2.24, 2.45) is 5.92 Å². The van der Waals surface area contributed by atoms with Crippen LogP contribution in [0.2, 0.25) is 0 Å². The Balaban J connectivity index is 4.45. The van der Waals surface area contributed by atoms with Crippen molar-refractivity contribution in [2.75, 3.05) is 26.4 Å². The van der Waals surface area contributed by atoms with Gasteiger partial charge in [0, 0.05) is 12.8 Å². The standard InChI is InChI=1S/C41H73O11P/c1-4-27-37(43)29-24-20-16-12-8-6-5-7-9-13-17-21-25-30-40(45)49-34-39(35-51-53(47,48)50-33-38(44)32-42)52-41(46)31-26-22-18-14-10-11-15-19-23-28-36(2)3/h5,7-8,12-13,17,20,24,36-39,42-44H,4,6,9-11,14-16,18-19,21-23,25-35H2,1-3H3,(H,47,48)/b7-5-,12-8-,17-13-,24-20-/t37?,38-,39+/m0/s1. The molecular formula is C41H73O11P. The molecule has 308 valence electrons. The van der Waals surface area contributed by atoms with E-state index in [2.05, 4.69) is 55.7 Å². The van der Waals surface area contributed by atoms with Crippen LogP contribution < -0.4 is 0 Å². The van der Waals surface area contributed by atoms with Gasteiger partial charge in [0.05, 0.1) is 25.9 Å². The van der Waals surface area contributed by atoms with Gasteiger partial charge in [0.15, 0.2) is 6.10 Å². The molecular weight excluding hydrogens is 699 g/mol. The predicted octanol–water partition coefficient (Wildman–Crippen LogP) is 8.99. The van der Waals surface area contributed by atoms with Gasteiger partial charge in [-0.3, -0.25) is 18.6 Å². The van der Waals surface area contributed by atoms with E-state index in [0.717, 1.165) is 57.3 Å². The monoisotopic (exact) mass is 772 g/mol. The normalized spacial score (nSPS) is 15.2. The van der Waals surface area contributed by atoms with Crippen LogP contribution in [0, 0.1) is 5.92 Å². The highest BCUT2D eigenvalue weighted by molar-refractivity contribution is 7.47. The minimum absolute atomic E-state index is 0.150. The van der Waals surface area contributed by atoms with Crippen molar-refractivity contribution in [2.45, 2.75) is 167 Å². The van der Waals surface area contributed by atoms with Crippen molar-refractivity contribution in [1.82, 2.24) is 0 Å². The first-order chi connectivity index (χ1) is 25.5. The van der Waals surface area contributed by atoms with Gasteiger partial charge in [0.1, 0.15) is 12.7 Å². The number of aliphatic hydroxyl groups excluding tert-OH is 3. The van der Waals surface area contributed by atoms with E-state index in [1.54, 1.807) is 0 Å². The zero-order valence-electron chi connectivity index (χ0n) is 33.0. The van der Waals surface area contributed by atoms with Crippen molar-refractivity contribution < 1.29 is 52.9 Å². The quantitative estimate of drug-likeness (QED) is 0.0208. The topological polar surface area (TPSA) is 169 Å². The second kappa shape index (κ2) is 35.6. The van der Waals surface area contributed by atoms with Gasteiger partial charge in [-0.15, -0.1) is 0 Å². The summed E-state index contributed by atoms with van der Waals surface area (Å²) in [4.78, 5) is 34.8. The number of ether oxygens (including phenoxy) is 2. The van der Waals surface area contributed by atoms with E-state index < -0.39 is 51.8 Å². The molecule has 0 aromatic carbocycles. The van der Waals surface area contributed by atoms with Gasteiger partial charge >= 0.3 is 19.8 Å². The number of unbranched alkanes of at least 4 members (excludes halogenated alkanes) is 9. The summed E-state index contributed by atoms with van der Waals surface area (Å²) in [6.45, 7) is 4.37. The average Bonchev–Trinajstić information content (AvgIpc) is 3.12. The molecule has 4 atom stereocenters. The fourth-order valence-electron chi connectivity index (χ4n) is 5.13. The Bertz CT molecular complexity index is 1060. The van der Waals surface area contributed by atoms with E-state index in [-0.39, 0.29) is 25.6 Å². The van der Waals surface area contributed by atoms with Gasteiger partial charge in [0.25, 0.3) is 0 Å². The zero-order chi connectivity index (χ0) is 39.4. The van der Waals surface area contributed by atoms with E-state index in [9.17, 15) is 29.3 Å². The summed E-state index contributed by atoms with van der Waals surface area (Å²) in [7, 11) is -4.63.